The highest BCUT2D eigenvalue weighted by atomic mass is 79.9. The SMILES string of the molecule is C[NH+]1CCC[C@@H](OC(=O)COc2ccc(Br)cc2)C1. The number of hydrogen-bond acceptors (Lipinski definition) is 3. The van der Waals surface area contributed by atoms with Gasteiger partial charge in [-0.3, -0.25) is 0 Å². The number of halogens is 1. The van der Waals surface area contributed by atoms with E-state index in [1.807, 2.05) is 24.3 Å². The van der Waals surface area contributed by atoms with Gasteiger partial charge < -0.3 is 14.4 Å². The minimum absolute atomic E-state index is 0.0306. The summed E-state index contributed by atoms with van der Waals surface area (Å²) in [7, 11) is 2.12. The Morgan fingerprint density at radius 3 is 2.84 bits per heavy atom. The zero-order valence-electron chi connectivity index (χ0n) is 11.0. The minimum atomic E-state index is -0.289. The Labute approximate surface area is 121 Å². The molecule has 0 radical (unpaired) electrons. The molecular weight excluding hydrogens is 310 g/mol. The Morgan fingerprint density at radius 1 is 1.42 bits per heavy atom. The molecule has 0 aromatic heterocycles. The van der Waals surface area contributed by atoms with Crippen LogP contribution in [0.1, 0.15) is 12.8 Å². The van der Waals surface area contributed by atoms with E-state index >= 15 is 0 Å². The number of hydrogen-bond donors (Lipinski definition) is 1. The summed E-state index contributed by atoms with van der Waals surface area (Å²) in [6.07, 6.45) is 2.10. The van der Waals surface area contributed by atoms with Gasteiger partial charge in [0.25, 0.3) is 0 Å². The number of carbonyl (C=O) groups is 1. The lowest BCUT2D eigenvalue weighted by atomic mass is 10.1. The first-order chi connectivity index (χ1) is 9.13. The summed E-state index contributed by atoms with van der Waals surface area (Å²) in [5, 5.41) is 0. The maximum Gasteiger partial charge on any atom is 0.344 e. The second-order valence-electron chi connectivity index (χ2n) is 4.91. The van der Waals surface area contributed by atoms with Crippen LogP contribution in [-0.2, 0) is 9.53 Å². The highest BCUT2D eigenvalue weighted by Crippen LogP contribution is 2.16. The molecule has 4 nitrogen and oxygen atoms in total. The summed E-state index contributed by atoms with van der Waals surface area (Å²) in [6.45, 7) is 2.02. The van der Waals surface area contributed by atoms with Crippen LogP contribution >= 0.6 is 15.9 Å². The first-order valence-electron chi connectivity index (χ1n) is 6.52. The molecule has 0 bridgehead atoms. The zero-order valence-corrected chi connectivity index (χ0v) is 12.6. The largest absolute Gasteiger partial charge is 0.482 e. The first kappa shape index (κ1) is 14.3. The highest BCUT2D eigenvalue weighted by molar-refractivity contribution is 9.10. The van der Waals surface area contributed by atoms with Gasteiger partial charge in [-0.1, -0.05) is 15.9 Å². The molecule has 0 spiro atoms. The quantitative estimate of drug-likeness (QED) is 0.840. The maximum atomic E-state index is 11.7. The summed E-state index contributed by atoms with van der Waals surface area (Å²) in [5.74, 6) is 0.383. The number of carbonyl (C=O) groups excluding carboxylic acids is 1. The molecule has 1 aromatic rings. The van der Waals surface area contributed by atoms with Gasteiger partial charge in [-0.15, -0.1) is 0 Å². The number of rotatable bonds is 4. The molecule has 1 fully saturated rings. The molecule has 19 heavy (non-hydrogen) atoms. The van der Waals surface area contributed by atoms with Gasteiger partial charge in [-0.25, -0.2) is 4.79 Å². The van der Waals surface area contributed by atoms with Gasteiger partial charge in [0.15, 0.2) is 12.7 Å². The number of esters is 1. The molecule has 1 aliphatic rings. The Kier molecular flexibility index (Phi) is 5.22. The first-order valence-corrected chi connectivity index (χ1v) is 7.32. The van der Waals surface area contributed by atoms with Crippen LogP contribution in [0.4, 0.5) is 0 Å². The van der Waals surface area contributed by atoms with Crippen molar-refractivity contribution in [3.8, 4) is 5.75 Å². The number of benzene rings is 1. The molecule has 0 aliphatic carbocycles. The van der Waals surface area contributed by atoms with Crippen molar-refractivity contribution in [2.45, 2.75) is 18.9 Å². The van der Waals surface area contributed by atoms with Crippen molar-refractivity contribution in [1.29, 1.82) is 0 Å². The van der Waals surface area contributed by atoms with E-state index in [0.717, 1.165) is 30.4 Å². The fraction of sp³-hybridized carbons (Fsp3) is 0.500. The third-order valence-electron chi connectivity index (χ3n) is 3.17. The summed E-state index contributed by atoms with van der Waals surface area (Å²) in [6, 6.07) is 7.38. The number of quaternary nitrogens is 1. The van der Waals surface area contributed by atoms with Crippen molar-refractivity contribution in [3.05, 3.63) is 28.7 Å². The molecule has 104 valence electrons. The summed E-state index contributed by atoms with van der Waals surface area (Å²) < 4.78 is 11.8. The number of piperidine rings is 1. The minimum Gasteiger partial charge on any atom is -0.482 e. The third-order valence-corrected chi connectivity index (χ3v) is 3.70. The molecule has 0 amide bonds. The second kappa shape index (κ2) is 6.91. The molecule has 5 heteroatoms. The van der Waals surface area contributed by atoms with Crippen molar-refractivity contribution in [2.75, 3.05) is 26.7 Å². The maximum absolute atomic E-state index is 11.7. The average Bonchev–Trinajstić information content (AvgIpc) is 2.38. The topological polar surface area (TPSA) is 40.0 Å². The van der Waals surface area contributed by atoms with Crippen LogP contribution in [0.2, 0.25) is 0 Å². The van der Waals surface area contributed by atoms with Crippen LogP contribution in [0.5, 0.6) is 5.75 Å². The Bertz CT molecular complexity index is 421. The Hall–Kier alpha value is -1.07. The van der Waals surface area contributed by atoms with E-state index in [4.69, 9.17) is 9.47 Å². The summed E-state index contributed by atoms with van der Waals surface area (Å²) in [5.41, 5.74) is 0. The van der Waals surface area contributed by atoms with Crippen LogP contribution < -0.4 is 9.64 Å². The lowest BCUT2D eigenvalue weighted by Gasteiger charge is -2.26. The van der Waals surface area contributed by atoms with E-state index in [1.54, 1.807) is 0 Å². The lowest BCUT2D eigenvalue weighted by Crippen LogP contribution is -3.11. The summed E-state index contributed by atoms with van der Waals surface area (Å²) in [4.78, 5) is 13.1. The van der Waals surface area contributed by atoms with E-state index in [9.17, 15) is 4.79 Å². The molecule has 0 saturated carbocycles. The molecule has 2 rings (SSSR count). The van der Waals surface area contributed by atoms with Gasteiger partial charge in [0.1, 0.15) is 12.3 Å². The monoisotopic (exact) mass is 328 g/mol. The molecule has 1 saturated heterocycles. The smallest absolute Gasteiger partial charge is 0.344 e. The van der Waals surface area contributed by atoms with Crippen molar-refractivity contribution in [3.63, 3.8) is 0 Å². The molecule has 1 aromatic carbocycles. The third kappa shape index (κ3) is 4.84. The number of ether oxygens (including phenoxy) is 2. The number of nitrogens with one attached hydrogen (secondary N) is 1. The predicted octanol–water partition coefficient (Wildman–Crippen LogP) is 1.05. The van der Waals surface area contributed by atoms with Gasteiger partial charge in [0, 0.05) is 10.9 Å². The molecular formula is C14H19BrNO3+. The van der Waals surface area contributed by atoms with Crippen molar-refractivity contribution >= 4 is 21.9 Å². The van der Waals surface area contributed by atoms with Crippen molar-refractivity contribution in [2.24, 2.45) is 0 Å². The second-order valence-corrected chi connectivity index (χ2v) is 5.82. The predicted molar refractivity (Wildman–Crippen MR) is 75.4 cm³/mol. The Morgan fingerprint density at radius 2 is 2.16 bits per heavy atom. The van der Waals surface area contributed by atoms with Crippen LogP contribution in [0.15, 0.2) is 28.7 Å². The van der Waals surface area contributed by atoms with Gasteiger partial charge >= 0.3 is 5.97 Å². The zero-order chi connectivity index (χ0) is 13.7. The van der Waals surface area contributed by atoms with Gasteiger partial charge in [-0.05, 0) is 30.7 Å². The van der Waals surface area contributed by atoms with E-state index in [2.05, 4.69) is 23.0 Å². The Balaban J connectivity index is 1.73. The molecule has 1 heterocycles. The van der Waals surface area contributed by atoms with Crippen LogP contribution in [0.3, 0.4) is 0 Å². The molecule has 2 atom stereocenters. The fourth-order valence-electron chi connectivity index (χ4n) is 2.22. The van der Waals surface area contributed by atoms with Gasteiger partial charge in [0.05, 0.1) is 13.6 Å². The number of likely N-dealkylation sites (N-methyl/N-ethyl adjacent to an activating group) is 1. The van der Waals surface area contributed by atoms with E-state index in [0.29, 0.717) is 5.75 Å². The van der Waals surface area contributed by atoms with Crippen molar-refractivity contribution in [1.82, 2.24) is 0 Å². The van der Waals surface area contributed by atoms with Crippen molar-refractivity contribution < 1.29 is 19.2 Å². The van der Waals surface area contributed by atoms with E-state index in [1.165, 1.54) is 4.90 Å². The standard InChI is InChI=1S/C14H18BrNO3/c1-16-8-2-3-13(9-16)19-14(17)10-18-12-6-4-11(15)5-7-12/h4-7,13H,2-3,8-10H2,1H3/p+1/t13-/m1/s1. The van der Waals surface area contributed by atoms with Crippen LogP contribution in [0.25, 0.3) is 0 Å². The van der Waals surface area contributed by atoms with Crippen LogP contribution in [-0.4, -0.2) is 38.8 Å². The average molecular weight is 329 g/mol. The molecule has 1 N–H and O–H groups in total. The highest BCUT2D eigenvalue weighted by Gasteiger charge is 2.23. The van der Waals surface area contributed by atoms with Gasteiger partial charge in [-0.2, -0.15) is 0 Å². The van der Waals surface area contributed by atoms with E-state index < -0.39 is 0 Å². The normalized spacial score (nSPS) is 22.8. The molecule has 1 unspecified atom stereocenters. The fourth-order valence-corrected chi connectivity index (χ4v) is 2.48. The lowest BCUT2D eigenvalue weighted by molar-refractivity contribution is -0.888. The number of likely N-dealkylation sites (tertiary alicyclic amines) is 1. The summed E-state index contributed by atoms with van der Waals surface area (Å²) >= 11 is 3.35. The van der Waals surface area contributed by atoms with Gasteiger partial charge in [0.2, 0.25) is 0 Å². The van der Waals surface area contributed by atoms with E-state index in [-0.39, 0.29) is 18.7 Å². The van der Waals surface area contributed by atoms with Crippen LogP contribution in [0, 0.1) is 0 Å². The molecule has 1 aliphatic heterocycles.